The highest BCUT2D eigenvalue weighted by Crippen LogP contribution is 2.23. The number of rotatable bonds is 5. The van der Waals surface area contributed by atoms with Crippen molar-refractivity contribution >= 4 is 23.2 Å². The molecule has 1 N–H and O–H groups in total. The first kappa shape index (κ1) is 19.6. The predicted molar refractivity (Wildman–Crippen MR) is 113 cm³/mol. The largest absolute Gasteiger partial charge is 0.338 e. The van der Waals surface area contributed by atoms with E-state index in [2.05, 4.69) is 20.4 Å². The molecule has 2 aromatic carbocycles. The van der Waals surface area contributed by atoms with Crippen LogP contribution in [0.3, 0.4) is 0 Å². The van der Waals surface area contributed by atoms with E-state index in [-0.39, 0.29) is 11.8 Å². The lowest BCUT2D eigenvalue weighted by Crippen LogP contribution is -2.40. The SMILES string of the molecule is Cc1cccc(NC(=O)C2CCCN(Cc3nc(-c4cccc(Cl)c4)no3)C2)c1. The number of hydrogen-bond acceptors (Lipinski definition) is 5. The van der Waals surface area contributed by atoms with Gasteiger partial charge in [0.25, 0.3) is 0 Å². The van der Waals surface area contributed by atoms with Crippen molar-refractivity contribution in [2.75, 3.05) is 18.4 Å². The van der Waals surface area contributed by atoms with Crippen molar-refractivity contribution in [2.45, 2.75) is 26.3 Å². The topological polar surface area (TPSA) is 71.3 Å². The number of piperidine rings is 1. The summed E-state index contributed by atoms with van der Waals surface area (Å²) in [6, 6.07) is 15.2. The number of nitrogens with zero attached hydrogens (tertiary/aromatic N) is 3. The lowest BCUT2D eigenvalue weighted by atomic mass is 9.97. The molecule has 6 nitrogen and oxygen atoms in total. The molecule has 1 saturated heterocycles. The smallest absolute Gasteiger partial charge is 0.241 e. The van der Waals surface area contributed by atoms with Gasteiger partial charge in [-0.3, -0.25) is 9.69 Å². The minimum atomic E-state index is -0.0559. The zero-order valence-corrected chi connectivity index (χ0v) is 17.0. The normalized spacial score (nSPS) is 17.2. The van der Waals surface area contributed by atoms with E-state index in [9.17, 15) is 4.79 Å². The van der Waals surface area contributed by atoms with Crippen LogP contribution in [0.4, 0.5) is 5.69 Å². The van der Waals surface area contributed by atoms with E-state index in [1.807, 2.05) is 55.5 Å². The fraction of sp³-hybridized carbons (Fsp3) is 0.318. The molecule has 3 aromatic rings. The first-order chi connectivity index (χ1) is 14.1. The zero-order chi connectivity index (χ0) is 20.2. The van der Waals surface area contributed by atoms with E-state index in [4.69, 9.17) is 16.1 Å². The van der Waals surface area contributed by atoms with Crippen molar-refractivity contribution in [3.63, 3.8) is 0 Å². The molecule has 1 amide bonds. The van der Waals surface area contributed by atoms with E-state index >= 15 is 0 Å². The molecular weight excluding hydrogens is 388 g/mol. The molecule has 7 heteroatoms. The third kappa shape index (κ3) is 5.02. The summed E-state index contributed by atoms with van der Waals surface area (Å²) in [5.74, 6) is 1.07. The number of nitrogens with one attached hydrogen (secondary N) is 1. The van der Waals surface area contributed by atoms with Gasteiger partial charge in [-0.25, -0.2) is 0 Å². The molecule has 1 fully saturated rings. The van der Waals surface area contributed by atoms with E-state index < -0.39 is 0 Å². The Morgan fingerprint density at radius 2 is 2.14 bits per heavy atom. The second-order valence-electron chi connectivity index (χ2n) is 7.46. The predicted octanol–water partition coefficient (Wildman–Crippen LogP) is 4.55. The molecule has 0 saturated carbocycles. The second kappa shape index (κ2) is 8.76. The molecule has 2 heterocycles. The first-order valence-electron chi connectivity index (χ1n) is 9.75. The van der Waals surface area contributed by atoms with Crippen molar-refractivity contribution in [1.29, 1.82) is 0 Å². The molecule has 1 aromatic heterocycles. The Morgan fingerprint density at radius 1 is 1.28 bits per heavy atom. The number of benzene rings is 2. The molecule has 1 aliphatic rings. The molecule has 29 heavy (non-hydrogen) atoms. The zero-order valence-electron chi connectivity index (χ0n) is 16.3. The molecular formula is C22H23ClN4O2. The summed E-state index contributed by atoms with van der Waals surface area (Å²) >= 11 is 6.04. The van der Waals surface area contributed by atoms with Gasteiger partial charge in [0.1, 0.15) is 0 Å². The highest BCUT2D eigenvalue weighted by Gasteiger charge is 2.27. The Balaban J connectivity index is 1.37. The van der Waals surface area contributed by atoms with E-state index in [0.29, 0.717) is 29.8 Å². The molecule has 1 atom stereocenters. The summed E-state index contributed by atoms with van der Waals surface area (Å²) in [7, 11) is 0. The highest BCUT2D eigenvalue weighted by atomic mass is 35.5. The fourth-order valence-corrected chi connectivity index (χ4v) is 3.83. The van der Waals surface area contributed by atoms with Gasteiger partial charge in [0, 0.05) is 22.8 Å². The standard InChI is InChI=1S/C22H23ClN4O2/c1-15-5-2-9-19(11-15)24-22(28)17-7-4-10-27(13-17)14-20-25-21(26-29-20)16-6-3-8-18(23)12-16/h2-3,5-6,8-9,11-12,17H,4,7,10,13-14H2,1H3,(H,24,28). The molecule has 4 rings (SSSR count). The third-order valence-electron chi connectivity index (χ3n) is 5.07. The molecule has 0 spiro atoms. The summed E-state index contributed by atoms with van der Waals surface area (Å²) < 4.78 is 5.42. The molecule has 150 valence electrons. The van der Waals surface area contributed by atoms with Gasteiger partial charge in [0.05, 0.1) is 12.5 Å². The van der Waals surface area contributed by atoms with Gasteiger partial charge >= 0.3 is 0 Å². The minimum Gasteiger partial charge on any atom is -0.338 e. The van der Waals surface area contributed by atoms with Gasteiger partial charge in [-0.1, -0.05) is 41.0 Å². The number of carbonyl (C=O) groups excluding carboxylic acids is 1. The van der Waals surface area contributed by atoms with Gasteiger partial charge in [0.2, 0.25) is 17.6 Å². The molecule has 0 radical (unpaired) electrons. The van der Waals surface area contributed by atoms with Gasteiger partial charge in [0.15, 0.2) is 0 Å². The number of aromatic nitrogens is 2. The number of halogens is 1. The van der Waals surface area contributed by atoms with Crippen molar-refractivity contribution < 1.29 is 9.32 Å². The summed E-state index contributed by atoms with van der Waals surface area (Å²) in [6.45, 7) is 4.12. The Kier molecular flexibility index (Phi) is 5.92. The van der Waals surface area contributed by atoms with Crippen LogP contribution in [0.5, 0.6) is 0 Å². The molecule has 0 aliphatic carbocycles. The maximum absolute atomic E-state index is 12.7. The van der Waals surface area contributed by atoms with Crippen molar-refractivity contribution in [3.05, 3.63) is 65.0 Å². The van der Waals surface area contributed by atoms with E-state index in [1.165, 1.54) is 0 Å². The Labute approximate surface area is 174 Å². The highest BCUT2D eigenvalue weighted by molar-refractivity contribution is 6.30. The quantitative estimate of drug-likeness (QED) is 0.668. The average Bonchev–Trinajstić information content (AvgIpc) is 3.17. The Morgan fingerprint density at radius 3 is 2.97 bits per heavy atom. The maximum atomic E-state index is 12.7. The van der Waals surface area contributed by atoms with Crippen LogP contribution in [0.2, 0.25) is 5.02 Å². The van der Waals surface area contributed by atoms with Gasteiger partial charge in [-0.2, -0.15) is 4.98 Å². The van der Waals surface area contributed by atoms with Crippen molar-refractivity contribution in [2.24, 2.45) is 5.92 Å². The number of aryl methyl sites for hydroxylation is 1. The van der Waals surface area contributed by atoms with Crippen LogP contribution < -0.4 is 5.32 Å². The monoisotopic (exact) mass is 410 g/mol. The minimum absolute atomic E-state index is 0.0559. The first-order valence-corrected chi connectivity index (χ1v) is 10.1. The van der Waals surface area contributed by atoms with Crippen LogP contribution in [-0.4, -0.2) is 34.0 Å². The van der Waals surface area contributed by atoms with Crippen molar-refractivity contribution in [3.8, 4) is 11.4 Å². The fourth-order valence-electron chi connectivity index (χ4n) is 3.64. The number of amides is 1. The lowest BCUT2D eigenvalue weighted by molar-refractivity contribution is -0.121. The van der Waals surface area contributed by atoms with Crippen LogP contribution in [-0.2, 0) is 11.3 Å². The molecule has 0 bridgehead atoms. The Bertz CT molecular complexity index is 1000. The van der Waals surface area contributed by atoms with Crippen LogP contribution in [0.15, 0.2) is 53.1 Å². The summed E-state index contributed by atoms with van der Waals surface area (Å²) in [5.41, 5.74) is 2.79. The third-order valence-corrected chi connectivity index (χ3v) is 5.31. The van der Waals surface area contributed by atoms with Crippen LogP contribution in [0.1, 0.15) is 24.3 Å². The van der Waals surface area contributed by atoms with Gasteiger partial charge in [-0.05, 0) is 56.1 Å². The number of likely N-dealkylation sites (tertiary alicyclic amines) is 1. The molecule has 1 aliphatic heterocycles. The van der Waals surface area contributed by atoms with E-state index in [1.54, 1.807) is 0 Å². The summed E-state index contributed by atoms with van der Waals surface area (Å²) in [6.07, 6.45) is 1.84. The van der Waals surface area contributed by atoms with Crippen molar-refractivity contribution in [1.82, 2.24) is 15.0 Å². The van der Waals surface area contributed by atoms with Gasteiger partial charge < -0.3 is 9.84 Å². The maximum Gasteiger partial charge on any atom is 0.241 e. The molecule has 1 unspecified atom stereocenters. The van der Waals surface area contributed by atoms with Crippen LogP contribution in [0.25, 0.3) is 11.4 Å². The average molecular weight is 411 g/mol. The number of hydrogen-bond donors (Lipinski definition) is 1. The summed E-state index contributed by atoms with van der Waals surface area (Å²) in [5, 5.41) is 7.73. The van der Waals surface area contributed by atoms with Crippen LogP contribution in [0, 0.1) is 12.8 Å². The lowest BCUT2D eigenvalue weighted by Gasteiger charge is -2.30. The van der Waals surface area contributed by atoms with E-state index in [0.717, 1.165) is 36.2 Å². The van der Waals surface area contributed by atoms with Gasteiger partial charge in [-0.15, -0.1) is 0 Å². The summed E-state index contributed by atoms with van der Waals surface area (Å²) in [4.78, 5) is 19.4. The van der Waals surface area contributed by atoms with Crippen LogP contribution >= 0.6 is 11.6 Å². The number of anilines is 1. The second-order valence-corrected chi connectivity index (χ2v) is 7.89. The number of carbonyl (C=O) groups is 1. The Hall–Kier alpha value is -2.70.